The second-order valence-electron chi connectivity index (χ2n) is 7.68. The van der Waals surface area contributed by atoms with Crippen molar-refractivity contribution in [3.05, 3.63) is 58.7 Å². The number of fused-ring (bicyclic) bond motifs is 2. The molecule has 0 fully saturated rings. The number of amides is 2. The molecule has 0 spiro atoms. The Morgan fingerprint density at radius 2 is 1.83 bits per heavy atom. The fourth-order valence-electron chi connectivity index (χ4n) is 4.07. The number of carbonyl (C=O) groups is 1. The number of benzene rings is 2. The summed E-state index contributed by atoms with van der Waals surface area (Å²) >= 11 is 0. The van der Waals surface area contributed by atoms with Gasteiger partial charge in [-0.2, -0.15) is 0 Å². The summed E-state index contributed by atoms with van der Waals surface area (Å²) in [6.07, 6.45) is -0.619. The maximum atomic E-state index is 14.2. The van der Waals surface area contributed by atoms with Gasteiger partial charge in [0.25, 0.3) is 0 Å². The van der Waals surface area contributed by atoms with Crippen LogP contribution in [0.3, 0.4) is 0 Å². The lowest BCUT2D eigenvalue weighted by atomic mass is 9.88. The second kappa shape index (κ2) is 7.79. The summed E-state index contributed by atoms with van der Waals surface area (Å²) in [5.41, 5.74) is -0.462. The minimum Gasteiger partial charge on any atom is -0.478 e. The molecule has 0 bridgehead atoms. The average Bonchev–Trinajstić information content (AvgIpc) is 3.13. The van der Waals surface area contributed by atoms with Crippen molar-refractivity contribution in [2.45, 2.75) is 37.0 Å². The van der Waals surface area contributed by atoms with Crippen LogP contribution in [-0.4, -0.2) is 36.2 Å². The number of rotatable bonds is 4. The third-order valence-electron chi connectivity index (χ3n) is 5.56. The van der Waals surface area contributed by atoms with E-state index >= 15 is 0 Å². The molecule has 9 heteroatoms. The van der Waals surface area contributed by atoms with Gasteiger partial charge in [-0.1, -0.05) is 12.1 Å². The van der Waals surface area contributed by atoms with E-state index < -0.39 is 48.8 Å². The Labute approximate surface area is 170 Å². The monoisotopic (exact) mass is 424 g/mol. The van der Waals surface area contributed by atoms with Crippen LogP contribution < -0.4 is 15.4 Å². The number of aliphatic hydroxyl groups excluding tert-OH is 1. The van der Waals surface area contributed by atoms with E-state index in [0.717, 1.165) is 6.07 Å². The van der Waals surface area contributed by atoms with E-state index in [9.17, 15) is 27.5 Å². The first-order valence-corrected chi connectivity index (χ1v) is 9.51. The summed E-state index contributed by atoms with van der Waals surface area (Å²) in [5.74, 6) is -1.54. The third kappa shape index (κ3) is 3.58. The van der Waals surface area contributed by atoms with Gasteiger partial charge in [-0.05, 0) is 29.3 Å². The van der Waals surface area contributed by atoms with Crippen LogP contribution in [0.1, 0.15) is 29.2 Å². The Balaban J connectivity index is 1.58. The van der Waals surface area contributed by atoms with E-state index in [0.29, 0.717) is 16.8 Å². The number of urea groups is 1. The third-order valence-corrected chi connectivity index (χ3v) is 5.56. The highest BCUT2D eigenvalue weighted by molar-refractivity contribution is 5.91. The molecule has 0 saturated carbocycles. The highest BCUT2D eigenvalue weighted by atomic mass is 19.1. The number of hydrogen-bond acceptors (Lipinski definition) is 3. The first-order valence-electron chi connectivity index (χ1n) is 9.51. The Morgan fingerprint density at radius 3 is 2.57 bits per heavy atom. The van der Waals surface area contributed by atoms with Gasteiger partial charge in [-0.15, -0.1) is 0 Å². The van der Waals surface area contributed by atoms with Crippen molar-refractivity contribution in [1.82, 2.24) is 5.32 Å². The number of halogens is 4. The molecule has 2 amide bonds. The van der Waals surface area contributed by atoms with Crippen molar-refractivity contribution < 1.29 is 32.2 Å². The number of alkyl halides is 2. The lowest BCUT2D eigenvalue weighted by Gasteiger charge is -2.39. The van der Waals surface area contributed by atoms with Gasteiger partial charge in [-0.25, -0.2) is 22.4 Å². The fourth-order valence-corrected chi connectivity index (χ4v) is 4.07. The Bertz CT molecular complexity index is 981. The molecule has 160 valence electrons. The van der Waals surface area contributed by atoms with Crippen LogP contribution in [0.4, 0.5) is 28.0 Å². The summed E-state index contributed by atoms with van der Waals surface area (Å²) in [5, 5.41) is 15.0. The molecule has 5 nitrogen and oxygen atoms in total. The summed E-state index contributed by atoms with van der Waals surface area (Å²) in [6.45, 7) is -2.39. The number of nitrogens with one attached hydrogen (secondary N) is 2. The van der Waals surface area contributed by atoms with Gasteiger partial charge in [0, 0.05) is 30.5 Å². The van der Waals surface area contributed by atoms with Crippen molar-refractivity contribution in [3.63, 3.8) is 0 Å². The molecule has 0 unspecified atom stereocenters. The molecule has 1 heterocycles. The lowest BCUT2D eigenvalue weighted by Crippen LogP contribution is -2.49. The zero-order chi connectivity index (χ0) is 21.5. The molecule has 3 N–H and O–H groups in total. The maximum Gasteiger partial charge on any atom is 0.319 e. The smallest absolute Gasteiger partial charge is 0.319 e. The van der Waals surface area contributed by atoms with Crippen LogP contribution in [0.15, 0.2) is 30.3 Å². The predicted molar refractivity (Wildman–Crippen MR) is 101 cm³/mol. The number of hydrogen-bond donors (Lipinski definition) is 3. The van der Waals surface area contributed by atoms with E-state index in [2.05, 4.69) is 10.6 Å². The van der Waals surface area contributed by atoms with Gasteiger partial charge < -0.3 is 20.5 Å². The van der Waals surface area contributed by atoms with Crippen molar-refractivity contribution in [2.75, 3.05) is 18.7 Å². The quantitative estimate of drug-likeness (QED) is 0.655. The lowest BCUT2D eigenvalue weighted by molar-refractivity contribution is -0.0137. The second-order valence-corrected chi connectivity index (χ2v) is 7.68. The van der Waals surface area contributed by atoms with Crippen molar-refractivity contribution in [3.8, 4) is 5.75 Å². The van der Waals surface area contributed by atoms with E-state index in [4.69, 9.17) is 4.74 Å². The average molecular weight is 424 g/mol. The molecular formula is C21H20F4N2O3. The first-order chi connectivity index (χ1) is 14.4. The number of anilines is 1. The Kier molecular flexibility index (Phi) is 5.31. The van der Waals surface area contributed by atoms with Gasteiger partial charge in [0.15, 0.2) is 17.2 Å². The summed E-state index contributed by atoms with van der Waals surface area (Å²) < 4.78 is 60.6. The molecule has 2 atom stereocenters. The molecule has 2 aliphatic rings. The first kappa shape index (κ1) is 20.5. The van der Waals surface area contributed by atoms with Crippen LogP contribution in [0.5, 0.6) is 5.75 Å². The van der Waals surface area contributed by atoms with Crippen LogP contribution in [0, 0.1) is 11.6 Å². The van der Waals surface area contributed by atoms with Crippen LogP contribution in [-0.2, 0) is 12.8 Å². The van der Waals surface area contributed by atoms with Gasteiger partial charge in [0.2, 0.25) is 0 Å². The predicted octanol–water partition coefficient (Wildman–Crippen LogP) is 3.75. The molecule has 2 aromatic rings. The SMILES string of the molecule is O=C(Nc1ccc(F)c2c1C[C@@H](O)C2)N[C@@H]1CC(CF)(CF)Oc2c(F)cccc21. The van der Waals surface area contributed by atoms with Crippen molar-refractivity contribution in [2.24, 2.45) is 0 Å². The minimum absolute atomic E-state index is 0.153. The number of ether oxygens (including phenoxy) is 1. The summed E-state index contributed by atoms with van der Waals surface area (Å²) in [7, 11) is 0. The molecule has 0 saturated heterocycles. The van der Waals surface area contributed by atoms with Crippen LogP contribution in [0.2, 0.25) is 0 Å². The minimum atomic E-state index is -1.89. The van der Waals surface area contributed by atoms with E-state index in [-0.39, 0.29) is 30.6 Å². The number of carbonyl (C=O) groups excluding carboxylic acids is 1. The zero-order valence-corrected chi connectivity index (χ0v) is 15.9. The molecule has 1 aliphatic carbocycles. The van der Waals surface area contributed by atoms with Crippen molar-refractivity contribution >= 4 is 11.7 Å². The number of para-hydroxylation sites is 1. The Morgan fingerprint density at radius 1 is 1.10 bits per heavy atom. The van der Waals surface area contributed by atoms with E-state index in [1.54, 1.807) is 0 Å². The Hall–Kier alpha value is -2.81. The molecule has 0 radical (unpaired) electrons. The number of aliphatic hydroxyl groups is 1. The highest BCUT2D eigenvalue weighted by Crippen LogP contribution is 2.42. The maximum absolute atomic E-state index is 14.2. The van der Waals surface area contributed by atoms with Crippen LogP contribution in [0.25, 0.3) is 0 Å². The van der Waals surface area contributed by atoms with Gasteiger partial charge in [-0.3, -0.25) is 0 Å². The van der Waals surface area contributed by atoms with Gasteiger partial charge >= 0.3 is 6.03 Å². The molecule has 4 rings (SSSR count). The highest BCUT2D eigenvalue weighted by Gasteiger charge is 2.43. The van der Waals surface area contributed by atoms with Gasteiger partial charge in [0.1, 0.15) is 19.2 Å². The molecule has 0 aromatic heterocycles. The van der Waals surface area contributed by atoms with Crippen molar-refractivity contribution in [1.29, 1.82) is 0 Å². The molecular weight excluding hydrogens is 404 g/mol. The van der Waals surface area contributed by atoms with Crippen LogP contribution >= 0.6 is 0 Å². The topological polar surface area (TPSA) is 70.6 Å². The summed E-state index contributed by atoms with van der Waals surface area (Å²) in [6, 6.07) is 5.00. The summed E-state index contributed by atoms with van der Waals surface area (Å²) in [4.78, 5) is 12.6. The molecule has 30 heavy (non-hydrogen) atoms. The largest absolute Gasteiger partial charge is 0.478 e. The normalized spacial score (nSPS) is 21.4. The standard InChI is InChI=1S/C21H20F4N2O3/c22-9-21(10-23)8-18(12-2-1-3-16(25)19(12)30-21)27-20(29)26-17-5-4-15(24)13-6-11(28)7-14(13)17/h1-5,11,18,28H,6-10H2,(H2,26,27,29)/t11-,18+/m0/s1. The fraction of sp³-hybridized carbons (Fsp3) is 0.381. The molecule has 2 aromatic carbocycles. The van der Waals surface area contributed by atoms with E-state index in [1.165, 1.54) is 24.3 Å². The van der Waals surface area contributed by atoms with E-state index in [1.807, 2.05) is 0 Å². The zero-order valence-electron chi connectivity index (χ0n) is 15.9. The molecule has 1 aliphatic heterocycles. The van der Waals surface area contributed by atoms with Gasteiger partial charge in [0.05, 0.1) is 12.1 Å².